The minimum atomic E-state index is -0.543. The first-order valence-corrected chi connectivity index (χ1v) is 8.09. The highest BCUT2D eigenvalue weighted by atomic mass is 35.5. The number of anilines is 1. The van der Waals surface area contributed by atoms with E-state index in [1.807, 2.05) is 18.2 Å². The van der Waals surface area contributed by atoms with E-state index in [4.69, 9.17) is 22.1 Å². The zero-order chi connectivity index (χ0) is 16.7. The number of ether oxygens (including phenoxy) is 1. The summed E-state index contributed by atoms with van der Waals surface area (Å²) in [7, 11) is 0. The Morgan fingerprint density at radius 3 is 2.48 bits per heavy atom. The highest BCUT2D eigenvalue weighted by Crippen LogP contribution is 2.26. The summed E-state index contributed by atoms with van der Waals surface area (Å²) in [6, 6.07) is 14.0. The number of nitrogens with one attached hydrogen (secondary N) is 1. The van der Waals surface area contributed by atoms with Crippen molar-refractivity contribution in [2.24, 2.45) is 5.73 Å². The number of primary amides is 1. The lowest BCUT2D eigenvalue weighted by Crippen LogP contribution is -2.20. The molecule has 0 unspecified atom stereocenters. The van der Waals surface area contributed by atoms with Crippen LogP contribution in [0.15, 0.2) is 53.4 Å². The maximum absolute atomic E-state index is 11.9. The Labute approximate surface area is 143 Å². The molecule has 0 saturated heterocycles. The van der Waals surface area contributed by atoms with Crippen molar-refractivity contribution in [1.29, 1.82) is 0 Å². The van der Waals surface area contributed by atoms with Gasteiger partial charge in [0.25, 0.3) is 5.91 Å². The maximum atomic E-state index is 11.9. The number of benzene rings is 2. The Balaban J connectivity index is 1.83. The fraction of sp³-hybridized carbons (Fsp3) is 0.125. The van der Waals surface area contributed by atoms with Crippen LogP contribution in [0.2, 0.25) is 5.02 Å². The summed E-state index contributed by atoms with van der Waals surface area (Å²) in [5.41, 5.74) is 5.64. The molecular weight excluding hydrogens is 336 g/mol. The van der Waals surface area contributed by atoms with Crippen LogP contribution in [0.4, 0.5) is 5.69 Å². The highest BCUT2D eigenvalue weighted by molar-refractivity contribution is 8.00. The largest absolute Gasteiger partial charge is 0.484 e. The molecule has 0 fully saturated rings. The fourth-order valence-corrected chi connectivity index (χ4v) is 2.73. The van der Waals surface area contributed by atoms with Gasteiger partial charge in [-0.25, -0.2) is 0 Å². The topological polar surface area (TPSA) is 81.4 Å². The molecular formula is C16H15ClN2O3S. The summed E-state index contributed by atoms with van der Waals surface area (Å²) < 4.78 is 5.14. The molecule has 0 saturated carbocycles. The molecule has 7 heteroatoms. The van der Waals surface area contributed by atoms with Crippen molar-refractivity contribution in [2.75, 3.05) is 17.7 Å². The summed E-state index contributed by atoms with van der Waals surface area (Å²) in [6.45, 7) is -0.180. The molecule has 2 amide bonds. The number of amides is 2. The lowest BCUT2D eigenvalue weighted by atomic mass is 10.3. The number of hydrogen-bond donors (Lipinski definition) is 2. The van der Waals surface area contributed by atoms with E-state index in [2.05, 4.69) is 5.32 Å². The molecule has 0 aliphatic carbocycles. The van der Waals surface area contributed by atoms with Crippen molar-refractivity contribution in [3.05, 3.63) is 53.6 Å². The number of halogens is 1. The van der Waals surface area contributed by atoms with E-state index in [1.54, 1.807) is 30.3 Å². The summed E-state index contributed by atoms with van der Waals surface area (Å²) in [5.74, 6) is 0.0795. The second kappa shape index (κ2) is 8.45. The Morgan fingerprint density at radius 1 is 1.13 bits per heavy atom. The van der Waals surface area contributed by atoms with E-state index in [1.165, 1.54) is 11.8 Å². The Morgan fingerprint density at radius 2 is 1.83 bits per heavy atom. The minimum absolute atomic E-state index is 0.138. The second-order valence-corrected chi connectivity index (χ2v) is 5.97. The van der Waals surface area contributed by atoms with Gasteiger partial charge in [0, 0.05) is 10.6 Å². The molecule has 0 aliphatic heterocycles. The van der Waals surface area contributed by atoms with Gasteiger partial charge in [-0.15, -0.1) is 11.8 Å². The SMILES string of the molecule is NC(=O)COc1ccc(NC(=O)CSc2ccccc2Cl)cc1. The third-order valence-electron chi connectivity index (χ3n) is 2.71. The normalized spacial score (nSPS) is 10.1. The first kappa shape index (κ1) is 17.2. The predicted molar refractivity (Wildman–Crippen MR) is 91.9 cm³/mol. The molecule has 0 heterocycles. The number of rotatable bonds is 7. The molecule has 0 atom stereocenters. The molecule has 0 spiro atoms. The van der Waals surface area contributed by atoms with Gasteiger partial charge in [0.1, 0.15) is 5.75 Å². The second-order valence-electron chi connectivity index (χ2n) is 4.55. The van der Waals surface area contributed by atoms with E-state index in [0.29, 0.717) is 16.5 Å². The fourth-order valence-electron chi connectivity index (χ4n) is 1.69. The van der Waals surface area contributed by atoms with Gasteiger partial charge in [0.05, 0.1) is 10.8 Å². The van der Waals surface area contributed by atoms with Crippen LogP contribution in [0.3, 0.4) is 0 Å². The molecule has 2 aromatic rings. The summed E-state index contributed by atoms with van der Waals surface area (Å²) in [4.78, 5) is 23.4. The number of hydrogen-bond acceptors (Lipinski definition) is 4. The van der Waals surface area contributed by atoms with Crippen LogP contribution in [0, 0.1) is 0 Å². The zero-order valence-electron chi connectivity index (χ0n) is 12.1. The van der Waals surface area contributed by atoms with Crippen molar-refractivity contribution < 1.29 is 14.3 Å². The van der Waals surface area contributed by atoms with Gasteiger partial charge in [-0.2, -0.15) is 0 Å². The van der Waals surface area contributed by atoms with Gasteiger partial charge in [0.2, 0.25) is 5.91 Å². The van der Waals surface area contributed by atoms with E-state index < -0.39 is 5.91 Å². The first-order valence-electron chi connectivity index (χ1n) is 6.73. The lowest BCUT2D eigenvalue weighted by Gasteiger charge is -2.08. The van der Waals surface area contributed by atoms with E-state index in [0.717, 1.165) is 4.90 Å². The van der Waals surface area contributed by atoms with E-state index >= 15 is 0 Å². The third kappa shape index (κ3) is 5.84. The number of carbonyl (C=O) groups is 2. The van der Waals surface area contributed by atoms with Gasteiger partial charge < -0.3 is 15.8 Å². The Kier molecular flexibility index (Phi) is 6.31. The van der Waals surface area contributed by atoms with Crippen LogP contribution in [-0.2, 0) is 9.59 Å². The van der Waals surface area contributed by atoms with Crippen LogP contribution in [0.1, 0.15) is 0 Å². The number of thioether (sulfide) groups is 1. The quantitative estimate of drug-likeness (QED) is 0.752. The standard InChI is InChI=1S/C16H15ClN2O3S/c17-13-3-1-2-4-14(13)23-10-16(21)19-11-5-7-12(8-6-11)22-9-15(18)20/h1-8H,9-10H2,(H2,18,20)(H,19,21). The Hall–Kier alpha value is -2.18. The summed E-state index contributed by atoms with van der Waals surface area (Å²) >= 11 is 7.41. The third-order valence-corrected chi connectivity index (χ3v) is 4.23. The van der Waals surface area contributed by atoms with Gasteiger partial charge in [-0.3, -0.25) is 9.59 Å². The van der Waals surface area contributed by atoms with E-state index in [-0.39, 0.29) is 18.3 Å². The minimum Gasteiger partial charge on any atom is -0.484 e. The average Bonchev–Trinajstić information content (AvgIpc) is 2.53. The van der Waals surface area contributed by atoms with Crippen LogP contribution < -0.4 is 15.8 Å². The van der Waals surface area contributed by atoms with Crippen molar-refractivity contribution in [3.63, 3.8) is 0 Å². The van der Waals surface area contributed by atoms with Crippen LogP contribution in [0.5, 0.6) is 5.75 Å². The van der Waals surface area contributed by atoms with Crippen LogP contribution in [0.25, 0.3) is 0 Å². The van der Waals surface area contributed by atoms with Crippen molar-refractivity contribution >= 4 is 40.9 Å². The molecule has 2 aromatic carbocycles. The van der Waals surface area contributed by atoms with Crippen LogP contribution >= 0.6 is 23.4 Å². The average molecular weight is 351 g/mol. The monoisotopic (exact) mass is 350 g/mol. The first-order chi connectivity index (χ1) is 11.0. The van der Waals surface area contributed by atoms with Crippen LogP contribution in [-0.4, -0.2) is 24.2 Å². The lowest BCUT2D eigenvalue weighted by molar-refractivity contribution is -0.120. The molecule has 0 bridgehead atoms. The van der Waals surface area contributed by atoms with Gasteiger partial charge in [-0.05, 0) is 36.4 Å². The van der Waals surface area contributed by atoms with E-state index in [9.17, 15) is 9.59 Å². The van der Waals surface area contributed by atoms with Crippen molar-refractivity contribution in [2.45, 2.75) is 4.90 Å². The molecule has 5 nitrogen and oxygen atoms in total. The molecule has 0 aliphatic rings. The summed E-state index contributed by atoms with van der Waals surface area (Å²) in [5, 5.41) is 3.40. The van der Waals surface area contributed by atoms with Gasteiger partial charge in [0.15, 0.2) is 6.61 Å². The molecule has 3 N–H and O–H groups in total. The predicted octanol–water partition coefficient (Wildman–Crippen LogP) is 2.93. The zero-order valence-corrected chi connectivity index (χ0v) is 13.7. The Bertz CT molecular complexity index is 692. The molecule has 23 heavy (non-hydrogen) atoms. The molecule has 120 valence electrons. The maximum Gasteiger partial charge on any atom is 0.255 e. The van der Waals surface area contributed by atoms with Gasteiger partial charge >= 0.3 is 0 Å². The molecule has 0 radical (unpaired) electrons. The number of carbonyl (C=O) groups excluding carboxylic acids is 2. The molecule has 2 rings (SSSR count). The summed E-state index contributed by atoms with van der Waals surface area (Å²) in [6.07, 6.45) is 0. The number of nitrogens with two attached hydrogens (primary N) is 1. The van der Waals surface area contributed by atoms with Crippen molar-refractivity contribution in [3.8, 4) is 5.75 Å². The van der Waals surface area contributed by atoms with Crippen molar-refractivity contribution in [1.82, 2.24) is 0 Å². The van der Waals surface area contributed by atoms with Gasteiger partial charge in [-0.1, -0.05) is 23.7 Å². The smallest absolute Gasteiger partial charge is 0.255 e. The highest BCUT2D eigenvalue weighted by Gasteiger charge is 2.06. The molecule has 0 aromatic heterocycles.